The number of rotatable bonds is 3. The third-order valence-electron chi connectivity index (χ3n) is 3.82. The lowest BCUT2D eigenvalue weighted by atomic mass is 9.81. The molecule has 2 atom stereocenters. The molecule has 112 valence electrons. The summed E-state index contributed by atoms with van der Waals surface area (Å²) in [7, 11) is 0. The highest BCUT2D eigenvalue weighted by Gasteiger charge is 2.32. The van der Waals surface area contributed by atoms with Crippen LogP contribution in [0.4, 0.5) is 13.2 Å². The van der Waals surface area contributed by atoms with Crippen molar-refractivity contribution in [3.05, 3.63) is 35.4 Å². The highest BCUT2D eigenvalue weighted by molar-refractivity contribution is 5.28. The molecule has 1 nitrogen and oxygen atoms in total. The first-order chi connectivity index (χ1) is 9.38. The van der Waals surface area contributed by atoms with Gasteiger partial charge in [-0.05, 0) is 44.4 Å². The monoisotopic (exact) mass is 286 g/mol. The van der Waals surface area contributed by atoms with Gasteiger partial charge in [-0.1, -0.05) is 25.0 Å². The van der Waals surface area contributed by atoms with E-state index in [-0.39, 0.29) is 18.1 Å². The van der Waals surface area contributed by atoms with E-state index in [4.69, 9.17) is 4.74 Å². The van der Waals surface area contributed by atoms with Crippen molar-refractivity contribution in [3.63, 3.8) is 0 Å². The van der Waals surface area contributed by atoms with Gasteiger partial charge in [0, 0.05) is 5.92 Å². The summed E-state index contributed by atoms with van der Waals surface area (Å²) in [4.78, 5) is 0. The predicted octanol–water partition coefficient (Wildman–Crippen LogP) is 5.16. The lowest BCUT2D eigenvalue weighted by Crippen LogP contribution is -2.28. The maximum absolute atomic E-state index is 12.6. The van der Waals surface area contributed by atoms with E-state index in [0.717, 1.165) is 31.2 Å². The molecule has 4 heteroatoms. The smallest absolute Gasteiger partial charge is 0.375 e. The van der Waals surface area contributed by atoms with Crippen LogP contribution in [-0.2, 0) is 10.9 Å². The molecule has 0 amide bonds. The van der Waals surface area contributed by atoms with Gasteiger partial charge in [0.05, 0.1) is 17.8 Å². The Kier molecular flexibility index (Phi) is 4.74. The molecular weight excluding hydrogens is 265 g/mol. The summed E-state index contributed by atoms with van der Waals surface area (Å²) in [6.07, 6.45) is 0.236. The Morgan fingerprint density at radius 3 is 2.20 bits per heavy atom. The molecule has 0 heterocycles. The van der Waals surface area contributed by atoms with E-state index in [9.17, 15) is 13.2 Å². The van der Waals surface area contributed by atoms with Crippen molar-refractivity contribution in [3.8, 4) is 0 Å². The third kappa shape index (κ3) is 3.75. The molecule has 0 bridgehead atoms. The second-order valence-electron chi connectivity index (χ2n) is 5.73. The Labute approximate surface area is 118 Å². The SMILES string of the molecule is CC(C)O[C@@H]1CCCC[C@H]1c1ccc(C(F)(F)F)cc1. The molecule has 0 aromatic heterocycles. The van der Waals surface area contributed by atoms with E-state index in [1.807, 2.05) is 13.8 Å². The lowest BCUT2D eigenvalue weighted by Gasteiger charge is -2.33. The normalized spacial score (nSPS) is 24.1. The zero-order valence-electron chi connectivity index (χ0n) is 11.9. The van der Waals surface area contributed by atoms with E-state index < -0.39 is 11.7 Å². The minimum Gasteiger partial charge on any atom is -0.375 e. The average Bonchev–Trinajstić information content (AvgIpc) is 2.38. The molecule has 20 heavy (non-hydrogen) atoms. The summed E-state index contributed by atoms with van der Waals surface area (Å²) >= 11 is 0. The van der Waals surface area contributed by atoms with E-state index in [0.29, 0.717) is 0 Å². The van der Waals surface area contributed by atoms with Crippen molar-refractivity contribution in [2.75, 3.05) is 0 Å². The van der Waals surface area contributed by atoms with Crippen LogP contribution in [0.25, 0.3) is 0 Å². The first kappa shape index (κ1) is 15.4. The van der Waals surface area contributed by atoms with Crippen LogP contribution in [0, 0.1) is 0 Å². The van der Waals surface area contributed by atoms with Gasteiger partial charge in [-0.15, -0.1) is 0 Å². The van der Waals surface area contributed by atoms with Gasteiger partial charge in [0.1, 0.15) is 0 Å². The van der Waals surface area contributed by atoms with Crippen LogP contribution in [0.1, 0.15) is 56.6 Å². The van der Waals surface area contributed by atoms with Gasteiger partial charge in [-0.3, -0.25) is 0 Å². The zero-order valence-corrected chi connectivity index (χ0v) is 11.9. The standard InChI is InChI=1S/C16H21F3O/c1-11(2)20-15-6-4-3-5-14(15)12-7-9-13(10-8-12)16(17,18)19/h7-11,14-15H,3-6H2,1-2H3/t14-,15+/m0/s1. The molecule has 1 saturated carbocycles. The zero-order chi connectivity index (χ0) is 14.8. The molecule has 1 fully saturated rings. The van der Waals surface area contributed by atoms with Gasteiger partial charge < -0.3 is 4.74 Å². The van der Waals surface area contributed by atoms with Crippen LogP contribution < -0.4 is 0 Å². The Hall–Kier alpha value is -1.03. The molecule has 1 aromatic carbocycles. The number of hydrogen-bond donors (Lipinski definition) is 0. The van der Waals surface area contributed by atoms with Crippen LogP contribution >= 0.6 is 0 Å². The molecular formula is C16H21F3O. The number of halogens is 3. The molecule has 0 N–H and O–H groups in total. The third-order valence-corrected chi connectivity index (χ3v) is 3.82. The molecule has 0 saturated heterocycles. The molecule has 2 rings (SSSR count). The Bertz CT molecular complexity index is 422. The summed E-state index contributed by atoms with van der Waals surface area (Å²) < 4.78 is 43.7. The molecule has 1 aliphatic rings. The van der Waals surface area contributed by atoms with Gasteiger partial charge in [0.15, 0.2) is 0 Å². The lowest BCUT2D eigenvalue weighted by molar-refractivity contribution is -0.137. The van der Waals surface area contributed by atoms with Crippen molar-refractivity contribution in [2.24, 2.45) is 0 Å². The van der Waals surface area contributed by atoms with Crippen LogP contribution in [0.3, 0.4) is 0 Å². The van der Waals surface area contributed by atoms with Crippen molar-refractivity contribution in [1.82, 2.24) is 0 Å². The molecule has 0 unspecified atom stereocenters. The van der Waals surface area contributed by atoms with Gasteiger partial charge in [-0.25, -0.2) is 0 Å². The fraction of sp³-hybridized carbons (Fsp3) is 0.625. The fourth-order valence-electron chi connectivity index (χ4n) is 2.91. The summed E-state index contributed by atoms with van der Waals surface area (Å²) in [5.74, 6) is 0.216. The topological polar surface area (TPSA) is 9.23 Å². The number of ether oxygens (including phenoxy) is 1. The summed E-state index contributed by atoms with van der Waals surface area (Å²) in [6, 6.07) is 5.57. The summed E-state index contributed by atoms with van der Waals surface area (Å²) in [6.45, 7) is 4.00. The van der Waals surface area contributed by atoms with E-state index in [1.54, 1.807) is 12.1 Å². The first-order valence-electron chi connectivity index (χ1n) is 7.20. The predicted molar refractivity (Wildman–Crippen MR) is 72.7 cm³/mol. The van der Waals surface area contributed by atoms with Crippen molar-refractivity contribution < 1.29 is 17.9 Å². The van der Waals surface area contributed by atoms with Gasteiger partial charge >= 0.3 is 6.18 Å². The van der Waals surface area contributed by atoms with Crippen LogP contribution in [0.5, 0.6) is 0 Å². The van der Waals surface area contributed by atoms with Gasteiger partial charge in [-0.2, -0.15) is 13.2 Å². The van der Waals surface area contributed by atoms with Crippen LogP contribution in [-0.4, -0.2) is 12.2 Å². The maximum atomic E-state index is 12.6. The highest BCUT2D eigenvalue weighted by Crippen LogP contribution is 2.37. The number of hydrogen-bond acceptors (Lipinski definition) is 1. The minimum atomic E-state index is -4.26. The number of benzene rings is 1. The van der Waals surface area contributed by atoms with Gasteiger partial charge in [0.2, 0.25) is 0 Å². The maximum Gasteiger partial charge on any atom is 0.416 e. The molecule has 0 aliphatic heterocycles. The van der Waals surface area contributed by atoms with Crippen molar-refractivity contribution in [1.29, 1.82) is 0 Å². The van der Waals surface area contributed by atoms with Crippen LogP contribution in [0.15, 0.2) is 24.3 Å². The van der Waals surface area contributed by atoms with E-state index in [2.05, 4.69) is 0 Å². The average molecular weight is 286 g/mol. The van der Waals surface area contributed by atoms with Gasteiger partial charge in [0.25, 0.3) is 0 Å². The van der Waals surface area contributed by atoms with E-state index >= 15 is 0 Å². The second-order valence-corrected chi connectivity index (χ2v) is 5.73. The molecule has 1 aliphatic carbocycles. The Morgan fingerprint density at radius 2 is 1.65 bits per heavy atom. The summed E-state index contributed by atoms with van der Waals surface area (Å²) in [5.41, 5.74) is 0.377. The first-order valence-corrected chi connectivity index (χ1v) is 7.20. The fourth-order valence-corrected chi connectivity index (χ4v) is 2.91. The number of alkyl halides is 3. The molecule has 0 radical (unpaired) electrons. The van der Waals surface area contributed by atoms with Crippen LogP contribution in [0.2, 0.25) is 0 Å². The molecule has 1 aromatic rings. The van der Waals surface area contributed by atoms with Crippen molar-refractivity contribution in [2.45, 2.75) is 63.8 Å². The Balaban J connectivity index is 2.15. The minimum absolute atomic E-state index is 0.125. The van der Waals surface area contributed by atoms with E-state index in [1.165, 1.54) is 12.1 Å². The largest absolute Gasteiger partial charge is 0.416 e. The second kappa shape index (κ2) is 6.17. The van der Waals surface area contributed by atoms with Crippen molar-refractivity contribution >= 4 is 0 Å². The Morgan fingerprint density at radius 1 is 1.05 bits per heavy atom. The quantitative estimate of drug-likeness (QED) is 0.746. The summed E-state index contributed by atoms with van der Waals surface area (Å²) in [5, 5.41) is 0. The highest BCUT2D eigenvalue weighted by atomic mass is 19.4. The molecule has 0 spiro atoms.